The first-order chi connectivity index (χ1) is 10.2. The SMILES string of the molecule is COc1cccc(C(=C(F)F)c2c[nH]c3ccccc23)c1. The van der Waals surface area contributed by atoms with Gasteiger partial charge in [-0.1, -0.05) is 30.3 Å². The van der Waals surface area contributed by atoms with Crippen molar-refractivity contribution >= 4 is 16.5 Å². The van der Waals surface area contributed by atoms with Crippen LogP contribution in [0.15, 0.2) is 60.8 Å². The highest BCUT2D eigenvalue weighted by atomic mass is 19.3. The molecule has 0 fully saturated rings. The van der Waals surface area contributed by atoms with E-state index < -0.39 is 6.08 Å². The van der Waals surface area contributed by atoms with E-state index in [1.54, 1.807) is 30.5 Å². The Labute approximate surface area is 120 Å². The minimum Gasteiger partial charge on any atom is -0.497 e. The van der Waals surface area contributed by atoms with Gasteiger partial charge >= 0.3 is 0 Å². The normalized spacial score (nSPS) is 10.6. The summed E-state index contributed by atoms with van der Waals surface area (Å²) in [6, 6.07) is 14.1. The van der Waals surface area contributed by atoms with E-state index in [9.17, 15) is 8.78 Å². The topological polar surface area (TPSA) is 25.0 Å². The van der Waals surface area contributed by atoms with Gasteiger partial charge in [-0.25, -0.2) is 0 Å². The van der Waals surface area contributed by atoms with Crippen LogP contribution in [-0.2, 0) is 0 Å². The zero-order valence-electron chi connectivity index (χ0n) is 11.4. The number of rotatable bonds is 3. The maximum absolute atomic E-state index is 13.5. The molecule has 0 saturated carbocycles. The average Bonchev–Trinajstić information content (AvgIpc) is 2.91. The fraction of sp³-hybridized carbons (Fsp3) is 0.0588. The van der Waals surface area contributed by atoms with Crippen molar-refractivity contribution in [1.29, 1.82) is 0 Å². The number of aromatic amines is 1. The third-order valence-electron chi connectivity index (χ3n) is 3.41. The largest absolute Gasteiger partial charge is 0.497 e. The predicted molar refractivity (Wildman–Crippen MR) is 79.5 cm³/mol. The molecule has 1 heterocycles. The van der Waals surface area contributed by atoms with Gasteiger partial charge in [0.25, 0.3) is 6.08 Å². The van der Waals surface area contributed by atoms with E-state index in [0.717, 1.165) is 10.9 Å². The monoisotopic (exact) mass is 285 g/mol. The molecule has 0 saturated heterocycles. The number of methoxy groups -OCH3 is 1. The summed E-state index contributed by atoms with van der Waals surface area (Å²) in [5.74, 6) is 0.547. The summed E-state index contributed by atoms with van der Waals surface area (Å²) in [6.45, 7) is 0. The van der Waals surface area contributed by atoms with Gasteiger partial charge in [0.05, 0.1) is 12.7 Å². The Kier molecular flexibility index (Phi) is 3.44. The molecule has 2 nitrogen and oxygen atoms in total. The second-order valence-corrected chi connectivity index (χ2v) is 4.62. The van der Waals surface area contributed by atoms with Crippen LogP contribution in [0.3, 0.4) is 0 Å². The number of hydrogen-bond acceptors (Lipinski definition) is 1. The molecule has 0 spiro atoms. The summed E-state index contributed by atoms with van der Waals surface area (Å²) in [4.78, 5) is 3.02. The molecule has 106 valence electrons. The summed E-state index contributed by atoms with van der Waals surface area (Å²) in [7, 11) is 1.51. The van der Waals surface area contributed by atoms with Gasteiger partial charge in [0.15, 0.2) is 0 Å². The van der Waals surface area contributed by atoms with Crippen molar-refractivity contribution in [3.05, 3.63) is 71.9 Å². The fourth-order valence-corrected chi connectivity index (χ4v) is 2.42. The Morgan fingerprint density at radius 1 is 1.05 bits per heavy atom. The molecule has 1 N–H and O–H groups in total. The number of ether oxygens (including phenoxy) is 1. The highest BCUT2D eigenvalue weighted by Gasteiger charge is 2.16. The smallest absolute Gasteiger partial charge is 0.278 e. The van der Waals surface area contributed by atoms with E-state index in [2.05, 4.69) is 4.98 Å². The van der Waals surface area contributed by atoms with Crippen LogP contribution in [0.5, 0.6) is 5.75 Å². The lowest BCUT2D eigenvalue weighted by Gasteiger charge is -2.08. The number of aromatic nitrogens is 1. The van der Waals surface area contributed by atoms with Crippen molar-refractivity contribution in [1.82, 2.24) is 4.98 Å². The first-order valence-corrected chi connectivity index (χ1v) is 6.47. The molecule has 0 amide bonds. The molecule has 0 aliphatic carbocycles. The van der Waals surface area contributed by atoms with Gasteiger partial charge in [-0.2, -0.15) is 8.78 Å². The highest BCUT2D eigenvalue weighted by molar-refractivity contribution is 5.97. The van der Waals surface area contributed by atoms with Gasteiger partial charge in [0.2, 0.25) is 0 Å². The van der Waals surface area contributed by atoms with Crippen molar-refractivity contribution in [2.75, 3.05) is 7.11 Å². The van der Waals surface area contributed by atoms with Crippen molar-refractivity contribution < 1.29 is 13.5 Å². The minimum atomic E-state index is -1.71. The van der Waals surface area contributed by atoms with Crippen molar-refractivity contribution in [3.8, 4) is 5.75 Å². The highest BCUT2D eigenvalue weighted by Crippen LogP contribution is 2.34. The molecule has 0 bridgehead atoms. The Hall–Kier alpha value is -2.62. The quantitative estimate of drug-likeness (QED) is 0.732. The third-order valence-corrected chi connectivity index (χ3v) is 3.41. The molecular formula is C17H13F2NO. The molecule has 3 rings (SSSR count). The maximum Gasteiger partial charge on any atom is 0.278 e. The van der Waals surface area contributed by atoms with Crippen LogP contribution in [0.2, 0.25) is 0 Å². The third kappa shape index (κ3) is 2.40. The number of fused-ring (bicyclic) bond motifs is 1. The minimum absolute atomic E-state index is 0.0775. The van der Waals surface area contributed by atoms with Gasteiger partial charge < -0.3 is 9.72 Å². The van der Waals surface area contributed by atoms with E-state index in [1.807, 2.05) is 24.3 Å². The first kappa shape index (κ1) is 13.4. The molecule has 0 aliphatic heterocycles. The van der Waals surface area contributed by atoms with Crippen LogP contribution in [0, 0.1) is 0 Å². The fourth-order valence-electron chi connectivity index (χ4n) is 2.42. The van der Waals surface area contributed by atoms with Crippen LogP contribution in [0.25, 0.3) is 16.5 Å². The average molecular weight is 285 g/mol. The van der Waals surface area contributed by atoms with Crippen LogP contribution >= 0.6 is 0 Å². The van der Waals surface area contributed by atoms with Crippen LogP contribution in [0.1, 0.15) is 11.1 Å². The summed E-state index contributed by atoms with van der Waals surface area (Å²) in [6.07, 6.45) is -0.105. The van der Waals surface area contributed by atoms with Crippen molar-refractivity contribution in [2.45, 2.75) is 0 Å². The summed E-state index contributed by atoms with van der Waals surface area (Å²) < 4.78 is 32.2. The lowest BCUT2D eigenvalue weighted by molar-refractivity contribution is 0.414. The molecule has 2 aromatic carbocycles. The molecule has 0 radical (unpaired) electrons. The Morgan fingerprint density at radius 2 is 1.86 bits per heavy atom. The van der Waals surface area contributed by atoms with Crippen LogP contribution < -0.4 is 4.74 Å². The van der Waals surface area contributed by atoms with Crippen molar-refractivity contribution in [3.63, 3.8) is 0 Å². The number of halogens is 2. The maximum atomic E-state index is 13.5. The van der Waals surface area contributed by atoms with Gasteiger partial charge in [-0.3, -0.25) is 0 Å². The Balaban J connectivity index is 2.22. The lowest BCUT2D eigenvalue weighted by atomic mass is 9.98. The number of benzene rings is 2. The number of para-hydroxylation sites is 1. The molecule has 1 aromatic heterocycles. The van der Waals surface area contributed by atoms with E-state index in [1.165, 1.54) is 7.11 Å². The van der Waals surface area contributed by atoms with Crippen LogP contribution in [0.4, 0.5) is 8.78 Å². The molecule has 0 atom stereocenters. The van der Waals surface area contributed by atoms with Gasteiger partial charge in [-0.05, 0) is 23.8 Å². The molecule has 3 aromatic rings. The Morgan fingerprint density at radius 3 is 2.62 bits per heavy atom. The number of hydrogen-bond donors (Lipinski definition) is 1. The van der Waals surface area contributed by atoms with Gasteiger partial charge in [0.1, 0.15) is 5.75 Å². The molecular weight excluding hydrogens is 272 g/mol. The van der Waals surface area contributed by atoms with E-state index in [0.29, 0.717) is 16.9 Å². The van der Waals surface area contributed by atoms with Gasteiger partial charge in [-0.15, -0.1) is 0 Å². The van der Waals surface area contributed by atoms with Crippen LogP contribution in [-0.4, -0.2) is 12.1 Å². The number of H-pyrrole nitrogens is 1. The predicted octanol–water partition coefficient (Wildman–Crippen LogP) is 4.83. The standard InChI is InChI=1S/C17H13F2NO/c1-21-12-6-4-5-11(9-12)16(17(18)19)14-10-20-15-8-3-2-7-13(14)15/h2-10,20H,1H3. The van der Waals surface area contributed by atoms with E-state index in [-0.39, 0.29) is 5.57 Å². The molecule has 0 unspecified atom stereocenters. The summed E-state index contributed by atoms with van der Waals surface area (Å²) in [5.41, 5.74) is 1.67. The van der Waals surface area contributed by atoms with Gasteiger partial charge in [0, 0.05) is 22.7 Å². The lowest BCUT2D eigenvalue weighted by Crippen LogP contribution is -1.90. The second-order valence-electron chi connectivity index (χ2n) is 4.62. The summed E-state index contributed by atoms with van der Waals surface area (Å²) in [5, 5.41) is 0.767. The first-order valence-electron chi connectivity index (χ1n) is 6.47. The number of nitrogens with one attached hydrogen (secondary N) is 1. The molecule has 4 heteroatoms. The Bertz CT molecular complexity index is 816. The van der Waals surface area contributed by atoms with E-state index in [4.69, 9.17) is 4.74 Å². The van der Waals surface area contributed by atoms with E-state index >= 15 is 0 Å². The zero-order valence-corrected chi connectivity index (χ0v) is 11.4. The zero-order chi connectivity index (χ0) is 14.8. The molecule has 0 aliphatic rings. The van der Waals surface area contributed by atoms with Crippen molar-refractivity contribution in [2.24, 2.45) is 0 Å². The second kappa shape index (κ2) is 5.40. The molecule has 21 heavy (non-hydrogen) atoms. The summed E-state index contributed by atoms with van der Waals surface area (Å²) >= 11 is 0.